The van der Waals surface area contributed by atoms with Gasteiger partial charge < -0.3 is 0 Å². The van der Waals surface area contributed by atoms with Gasteiger partial charge in [-0.3, -0.25) is 4.79 Å². The molecule has 0 radical (unpaired) electrons. The van der Waals surface area contributed by atoms with Crippen LogP contribution >= 0.6 is 38.5 Å². The molecule has 1 aromatic rings. The van der Waals surface area contributed by atoms with Crippen LogP contribution in [0.5, 0.6) is 0 Å². The molecule has 1 nitrogen and oxygen atoms in total. The molecule has 13 heavy (non-hydrogen) atoms. The fourth-order valence-corrected chi connectivity index (χ4v) is 2.91. The standard InChI is InChI=1S/C10H8BrIO/c11-9-3-4-10(12)8-5-6(13)1-2-7(8)9/h3-4H,1-2,5H2. The molecule has 1 aliphatic carbocycles. The van der Waals surface area contributed by atoms with Crippen LogP contribution in [0.15, 0.2) is 16.6 Å². The zero-order chi connectivity index (χ0) is 9.42. The normalized spacial score (nSPS) is 15.7. The van der Waals surface area contributed by atoms with Crippen LogP contribution in [-0.2, 0) is 17.6 Å². The number of benzene rings is 1. The zero-order valence-corrected chi connectivity index (χ0v) is 10.7. The predicted molar refractivity (Wildman–Crippen MR) is 63.9 cm³/mol. The minimum absolute atomic E-state index is 0.364. The van der Waals surface area contributed by atoms with Crippen molar-refractivity contribution in [1.29, 1.82) is 0 Å². The van der Waals surface area contributed by atoms with Crippen LogP contribution in [0.25, 0.3) is 0 Å². The lowest BCUT2D eigenvalue weighted by Crippen LogP contribution is -2.15. The lowest BCUT2D eigenvalue weighted by atomic mass is 9.91. The van der Waals surface area contributed by atoms with Crippen molar-refractivity contribution in [1.82, 2.24) is 0 Å². The lowest BCUT2D eigenvalue weighted by molar-refractivity contribution is -0.118. The second kappa shape index (κ2) is 3.69. The van der Waals surface area contributed by atoms with Crippen molar-refractivity contribution in [2.24, 2.45) is 0 Å². The maximum Gasteiger partial charge on any atom is 0.137 e. The maximum atomic E-state index is 11.3. The van der Waals surface area contributed by atoms with Gasteiger partial charge in [0.05, 0.1) is 0 Å². The smallest absolute Gasteiger partial charge is 0.137 e. The van der Waals surface area contributed by atoms with Gasteiger partial charge in [-0.25, -0.2) is 0 Å². The fourth-order valence-electron chi connectivity index (χ4n) is 1.65. The van der Waals surface area contributed by atoms with Crippen LogP contribution in [0, 0.1) is 3.57 Å². The van der Waals surface area contributed by atoms with Gasteiger partial charge in [-0.15, -0.1) is 0 Å². The summed E-state index contributed by atoms with van der Waals surface area (Å²) in [4.78, 5) is 11.3. The van der Waals surface area contributed by atoms with E-state index >= 15 is 0 Å². The molecule has 0 aromatic heterocycles. The first-order valence-corrected chi connectivity index (χ1v) is 6.03. The molecule has 1 aliphatic rings. The lowest BCUT2D eigenvalue weighted by Gasteiger charge is -2.17. The van der Waals surface area contributed by atoms with Crippen LogP contribution in [0.2, 0.25) is 0 Å². The maximum absolute atomic E-state index is 11.3. The van der Waals surface area contributed by atoms with Gasteiger partial charge in [0.25, 0.3) is 0 Å². The second-order valence-corrected chi connectivity index (χ2v) is 5.22. The monoisotopic (exact) mass is 350 g/mol. The van der Waals surface area contributed by atoms with E-state index in [1.807, 2.05) is 0 Å². The van der Waals surface area contributed by atoms with Crippen molar-refractivity contribution in [3.8, 4) is 0 Å². The Labute approximate surface area is 99.2 Å². The minimum atomic E-state index is 0.364. The molecule has 0 spiro atoms. The van der Waals surface area contributed by atoms with Crippen molar-refractivity contribution in [3.63, 3.8) is 0 Å². The fraction of sp³-hybridized carbons (Fsp3) is 0.300. The summed E-state index contributed by atoms with van der Waals surface area (Å²) in [6.07, 6.45) is 2.21. The number of Topliss-reactive ketones (excluding diaryl/α,β-unsaturated/α-hetero) is 1. The van der Waals surface area contributed by atoms with E-state index in [1.54, 1.807) is 0 Å². The number of halogens is 2. The van der Waals surface area contributed by atoms with Gasteiger partial charge >= 0.3 is 0 Å². The van der Waals surface area contributed by atoms with Gasteiger partial charge in [-0.05, 0) is 52.3 Å². The van der Waals surface area contributed by atoms with Gasteiger partial charge in [0.2, 0.25) is 0 Å². The third-order valence-corrected chi connectivity index (χ3v) is 4.10. The van der Waals surface area contributed by atoms with Crippen molar-refractivity contribution >= 4 is 44.3 Å². The van der Waals surface area contributed by atoms with Crippen molar-refractivity contribution in [2.45, 2.75) is 19.3 Å². The van der Waals surface area contributed by atoms with Gasteiger partial charge in [0, 0.05) is 20.9 Å². The molecule has 68 valence electrons. The molecule has 0 fully saturated rings. The van der Waals surface area contributed by atoms with Crippen LogP contribution in [0.4, 0.5) is 0 Å². The Morgan fingerprint density at radius 1 is 1.23 bits per heavy atom. The molecule has 0 amide bonds. The van der Waals surface area contributed by atoms with E-state index in [-0.39, 0.29) is 0 Å². The largest absolute Gasteiger partial charge is 0.299 e. The average molecular weight is 351 g/mol. The third-order valence-electron chi connectivity index (χ3n) is 2.34. The number of rotatable bonds is 0. The summed E-state index contributed by atoms with van der Waals surface area (Å²) in [6, 6.07) is 4.12. The van der Waals surface area contributed by atoms with Crippen LogP contribution in [0.3, 0.4) is 0 Å². The van der Waals surface area contributed by atoms with E-state index in [2.05, 4.69) is 50.7 Å². The van der Waals surface area contributed by atoms with E-state index in [0.29, 0.717) is 18.6 Å². The molecule has 2 rings (SSSR count). The summed E-state index contributed by atoms with van der Waals surface area (Å²) >= 11 is 5.82. The van der Waals surface area contributed by atoms with Crippen LogP contribution in [-0.4, -0.2) is 5.78 Å². The highest BCUT2D eigenvalue weighted by Crippen LogP contribution is 2.30. The summed E-state index contributed by atoms with van der Waals surface area (Å²) in [5.41, 5.74) is 2.55. The zero-order valence-electron chi connectivity index (χ0n) is 6.94. The Kier molecular flexibility index (Phi) is 2.74. The number of carbonyl (C=O) groups excluding carboxylic acids is 1. The Hall–Kier alpha value is 0.1000. The topological polar surface area (TPSA) is 17.1 Å². The van der Waals surface area contributed by atoms with E-state index in [0.717, 1.165) is 10.9 Å². The summed E-state index contributed by atoms with van der Waals surface area (Å²) in [5, 5.41) is 0. The molecule has 0 heterocycles. The van der Waals surface area contributed by atoms with Gasteiger partial charge in [-0.1, -0.05) is 15.9 Å². The molecule has 0 aliphatic heterocycles. The van der Waals surface area contributed by atoms with Crippen molar-refractivity contribution in [3.05, 3.63) is 31.3 Å². The first-order chi connectivity index (χ1) is 6.18. The number of ketones is 1. The van der Waals surface area contributed by atoms with E-state index in [4.69, 9.17) is 0 Å². The van der Waals surface area contributed by atoms with Crippen LogP contribution < -0.4 is 0 Å². The Morgan fingerprint density at radius 2 is 2.00 bits per heavy atom. The van der Waals surface area contributed by atoms with Gasteiger partial charge in [-0.2, -0.15) is 0 Å². The molecule has 0 unspecified atom stereocenters. The minimum Gasteiger partial charge on any atom is -0.299 e. The van der Waals surface area contributed by atoms with E-state index < -0.39 is 0 Å². The number of hydrogen-bond acceptors (Lipinski definition) is 1. The molecule has 0 bridgehead atoms. The average Bonchev–Trinajstić information content (AvgIpc) is 2.12. The SMILES string of the molecule is O=C1CCc2c(Br)ccc(I)c2C1. The molecule has 0 saturated carbocycles. The molecular weight excluding hydrogens is 343 g/mol. The Morgan fingerprint density at radius 3 is 2.77 bits per heavy atom. The van der Waals surface area contributed by atoms with Gasteiger partial charge in [0.15, 0.2) is 0 Å². The summed E-state index contributed by atoms with van der Waals surface area (Å²) in [5.74, 6) is 0.364. The van der Waals surface area contributed by atoms with Crippen molar-refractivity contribution in [2.75, 3.05) is 0 Å². The highest BCUT2D eigenvalue weighted by atomic mass is 127. The van der Waals surface area contributed by atoms with Crippen molar-refractivity contribution < 1.29 is 4.79 Å². The molecule has 0 N–H and O–H groups in total. The van der Waals surface area contributed by atoms with E-state index in [1.165, 1.54) is 14.7 Å². The highest BCUT2D eigenvalue weighted by Gasteiger charge is 2.19. The number of hydrogen-bond donors (Lipinski definition) is 0. The third kappa shape index (κ3) is 1.81. The molecule has 3 heteroatoms. The summed E-state index contributed by atoms with van der Waals surface area (Å²) in [7, 11) is 0. The Balaban J connectivity index is 2.57. The molecule has 1 aromatic carbocycles. The summed E-state index contributed by atoms with van der Waals surface area (Å²) < 4.78 is 2.36. The second-order valence-electron chi connectivity index (χ2n) is 3.20. The Bertz CT molecular complexity index is 373. The van der Waals surface area contributed by atoms with Crippen LogP contribution in [0.1, 0.15) is 17.5 Å². The number of fused-ring (bicyclic) bond motifs is 1. The molecule has 0 atom stereocenters. The molecular formula is C10H8BrIO. The van der Waals surface area contributed by atoms with Gasteiger partial charge in [0.1, 0.15) is 5.78 Å². The first-order valence-electron chi connectivity index (χ1n) is 4.16. The highest BCUT2D eigenvalue weighted by molar-refractivity contribution is 14.1. The summed E-state index contributed by atoms with van der Waals surface area (Å²) in [6.45, 7) is 0. The first kappa shape index (κ1) is 9.65. The van der Waals surface area contributed by atoms with E-state index in [9.17, 15) is 4.79 Å². The quantitative estimate of drug-likeness (QED) is 0.657. The predicted octanol–water partition coefficient (Wildman–Crippen LogP) is 3.11. The number of carbonyl (C=O) groups is 1. The molecule has 0 saturated heterocycles.